The van der Waals surface area contributed by atoms with Crippen molar-refractivity contribution in [2.24, 2.45) is 13.0 Å². The number of aryl methyl sites for hydroxylation is 1. The maximum Gasteiger partial charge on any atom is 0.407 e. The van der Waals surface area contributed by atoms with Gasteiger partial charge in [0.25, 0.3) is 5.91 Å². The molecule has 2 amide bonds. The molecule has 0 spiro atoms. The van der Waals surface area contributed by atoms with Crippen molar-refractivity contribution in [1.29, 1.82) is 0 Å². The van der Waals surface area contributed by atoms with Crippen LogP contribution in [0, 0.1) is 11.7 Å². The lowest BCUT2D eigenvalue weighted by molar-refractivity contribution is 0.0487. The van der Waals surface area contributed by atoms with Crippen LogP contribution in [0.2, 0.25) is 5.02 Å². The van der Waals surface area contributed by atoms with Gasteiger partial charge in [-0.2, -0.15) is 0 Å². The van der Waals surface area contributed by atoms with E-state index in [2.05, 4.69) is 20.6 Å². The molecule has 3 rings (SSSR count). The molecular formula is C24H33ClFN5O5S. The van der Waals surface area contributed by atoms with E-state index in [1.54, 1.807) is 51.8 Å². The van der Waals surface area contributed by atoms with E-state index in [4.69, 9.17) is 16.3 Å². The highest BCUT2D eigenvalue weighted by molar-refractivity contribution is 7.90. The van der Waals surface area contributed by atoms with E-state index in [1.165, 1.54) is 12.1 Å². The summed E-state index contributed by atoms with van der Waals surface area (Å²) in [6.07, 6.45) is 5.04. The first-order valence-electron chi connectivity index (χ1n) is 11.9. The summed E-state index contributed by atoms with van der Waals surface area (Å²) in [5, 5.41) is 1.70. The van der Waals surface area contributed by atoms with Crippen molar-refractivity contribution in [3.8, 4) is 11.3 Å². The number of nitrogens with zero attached hydrogens (tertiary/aromatic N) is 2. The number of sulfonamides is 1. The number of hydrogen-bond donors (Lipinski definition) is 3. The second-order valence-corrected chi connectivity index (χ2v) is 12.8. The number of ether oxygens (including phenoxy) is 1. The minimum absolute atomic E-state index is 0.104. The molecule has 10 nitrogen and oxygen atoms in total. The summed E-state index contributed by atoms with van der Waals surface area (Å²) in [6, 6.07) is 2.50. The van der Waals surface area contributed by atoms with Gasteiger partial charge in [0, 0.05) is 24.8 Å². The Bertz CT molecular complexity index is 1250. The Morgan fingerprint density at radius 1 is 1.22 bits per heavy atom. The molecule has 1 aliphatic carbocycles. The first kappa shape index (κ1) is 28.9. The molecule has 1 saturated carbocycles. The van der Waals surface area contributed by atoms with Gasteiger partial charge in [0.1, 0.15) is 5.60 Å². The number of benzene rings is 1. The largest absolute Gasteiger partial charge is 0.444 e. The Morgan fingerprint density at radius 2 is 1.86 bits per heavy atom. The average molecular weight is 558 g/mol. The topological polar surface area (TPSA) is 131 Å². The third-order valence-corrected chi connectivity index (χ3v) is 8.25. The van der Waals surface area contributed by atoms with Crippen molar-refractivity contribution in [2.75, 3.05) is 0 Å². The fourth-order valence-corrected chi connectivity index (χ4v) is 5.62. The van der Waals surface area contributed by atoms with E-state index in [9.17, 15) is 22.4 Å². The molecule has 13 heteroatoms. The number of nitrogens with one attached hydrogen (secondary N) is 3. The van der Waals surface area contributed by atoms with Crippen LogP contribution in [0.4, 0.5) is 9.18 Å². The maximum absolute atomic E-state index is 14.6. The molecule has 1 aromatic heterocycles. The molecule has 204 valence electrons. The molecule has 3 N–H and O–H groups in total. The summed E-state index contributed by atoms with van der Waals surface area (Å²) in [5.74, 6) is -2.15. The van der Waals surface area contributed by atoms with Gasteiger partial charge in [-0.05, 0) is 71.4 Å². The van der Waals surface area contributed by atoms with Crippen LogP contribution < -0.4 is 15.6 Å². The van der Waals surface area contributed by atoms with Gasteiger partial charge >= 0.3 is 6.09 Å². The first-order chi connectivity index (χ1) is 17.2. The second kappa shape index (κ2) is 11.4. The van der Waals surface area contributed by atoms with Crippen LogP contribution in [0.3, 0.4) is 0 Å². The lowest BCUT2D eigenvalue weighted by atomic mass is 9.84. The molecule has 1 heterocycles. The molecule has 1 atom stereocenters. The van der Waals surface area contributed by atoms with Crippen LogP contribution in [0.15, 0.2) is 24.7 Å². The van der Waals surface area contributed by atoms with Crippen molar-refractivity contribution in [3.63, 3.8) is 0 Å². The number of amides is 2. The predicted octanol–water partition coefficient (Wildman–Crippen LogP) is 3.92. The number of rotatable bonds is 7. The molecule has 1 aromatic carbocycles. The summed E-state index contributed by atoms with van der Waals surface area (Å²) in [6.45, 7) is 6.89. The van der Waals surface area contributed by atoms with Crippen LogP contribution in [0.25, 0.3) is 11.3 Å². The van der Waals surface area contributed by atoms with Crippen LogP contribution in [0.5, 0.6) is 0 Å². The highest BCUT2D eigenvalue weighted by atomic mass is 35.5. The Labute approximate surface area is 221 Å². The first-order valence-corrected chi connectivity index (χ1v) is 13.9. The number of hydrazine groups is 1. The molecule has 0 radical (unpaired) electrons. The SMILES string of the molecule is CC(C1CCC(NC(=O)OC(C)(C)C)CC1)S(=O)(=O)NNC(=O)c1cc(-c2cn(C)cn2)cc(Cl)c1F. The Hall–Kier alpha value is -2.70. The number of hydrogen-bond acceptors (Lipinski definition) is 6. The zero-order valence-corrected chi connectivity index (χ0v) is 23.0. The van der Waals surface area contributed by atoms with Crippen molar-refractivity contribution in [1.82, 2.24) is 25.1 Å². The molecule has 1 aliphatic rings. The van der Waals surface area contributed by atoms with Gasteiger partial charge in [0.05, 0.1) is 27.9 Å². The van der Waals surface area contributed by atoms with E-state index in [1.807, 2.05) is 0 Å². The number of alkyl carbamates (subject to hydrolysis) is 1. The standard InChI is InChI=1S/C24H33ClFN5O5S/c1-14(15-6-8-17(9-7-15)28-23(33)36-24(2,3)4)37(34,35)30-29-22(32)18-10-16(11-19(25)21(18)26)20-12-31(5)13-27-20/h10-15,17,30H,6-9H2,1-5H3,(H,28,33)(H,29,32). The minimum atomic E-state index is -3.97. The molecule has 1 unspecified atom stereocenters. The fourth-order valence-electron chi connectivity index (χ4n) is 4.20. The quantitative estimate of drug-likeness (QED) is 0.442. The normalized spacial score (nSPS) is 19.2. The van der Waals surface area contributed by atoms with Gasteiger partial charge in [0.2, 0.25) is 10.0 Å². The Morgan fingerprint density at radius 3 is 2.43 bits per heavy atom. The van der Waals surface area contributed by atoms with E-state index in [0.29, 0.717) is 36.9 Å². The van der Waals surface area contributed by atoms with Crippen molar-refractivity contribution in [3.05, 3.63) is 41.1 Å². The minimum Gasteiger partial charge on any atom is -0.444 e. The Kier molecular flexibility index (Phi) is 8.86. The molecule has 0 bridgehead atoms. The van der Waals surface area contributed by atoms with Gasteiger partial charge in [-0.3, -0.25) is 10.2 Å². The zero-order valence-electron chi connectivity index (χ0n) is 21.5. The Balaban J connectivity index is 1.59. The van der Waals surface area contributed by atoms with E-state index in [0.717, 1.165) is 0 Å². The smallest absolute Gasteiger partial charge is 0.407 e. The lowest BCUT2D eigenvalue weighted by Crippen LogP contribution is -2.48. The summed E-state index contributed by atoms with van der Waals surface area (Å²) in [7, 11) is -2.22. The number of aromatic nitrogens is 2. The van der Waals surface area contributed by atoms with Crippen LogP contribution in [-0.2, 0) is 21.8 Å². The maximum atomic E-state index is 14.6. The molecule has 0 saturated heterocycles. The average Bonchev–Trinajstić information content (AvgIpc) is 3.24. The zero-order chi connectivity index (χ0) is 27.5. The number of imidazole rings is 1. The van der Waals surface area contributed by atoms with Gasteiger partial charge < -0.3 is 14.6 Å². The fraction of sp³-hybridized carbons (Fsp3) is 0.542. The predicted molar refractivity (Wildman–Crippen MR) is 138 cm³/mol. The number of carbonyl (C=O) groups is 2. The monoisotopic (exact) mass is 557 g/mol. The molecular weight excluding hydrogens is 525 g/mol. The van der Waals surface area contributed by atoms with Gasteiger partial charge in [0.15, 0.2) is 5.82 Å². The van der Waals surface area contributed by atoms with Crippen LogP contribution in [-0.4, -0.2) is 46.9 Å². The highest BCUT2D eigenvalue weighted by Crippen LogP contribution is 2.30. The third kappa shape index (κ3) is 7.65. The summed E-state index contributed by atoms with van der Waals surface area (Å²) in [4.78, 5) is 30.9. The second-order valence-electron chi connectivity index (χ2n) is 10.3. The van der Waals surface area contributed by atoms with Crippen LogP contribution >= 0.6 is 11.6 Å². The summed E-state index contributed by atoms with van der Waals surface area (Å²) >= 11 is 5.97. The lowest BCUT2D eigenvalue weighted by Gasteiger charge is -2.32. The van der Waals surface area contributed by atoms with Crippen molar-refractivity contribution < 1.29 is 27.1 Å². The number of carbonyl (C=O) groups excluding carboxylic acids is 2. The third-order valence-electron chi connectivity index (χ3n) is 6.23. The van der Waals surface area contributed by atoms with Gasteiger partial charge in [-0.25, -0.2) is 22.6 Å². The van der Waals surface area contributed by atoms with Crippen molar-refractivity contribution >= 4 is 33.6 Å². The van der Waals surface area contributed by atoms with Crippen molar-refractivity contribution in [2.45, 2.75) is 70.3 Å². The molecule has 2 aromatic rings. The van der Waals surface area contributed by atoms with E-state index >= 15 is 0 Å². The molecule has 0 aliphatic heterocycles. The summed E-state index contributed by atoms with van der Waals surface area (Å²) in [5.41, 5.74) is 1.95. The summed E-state index contributed by atoms with van der Waals surface area (Å²) < 4.78 is 47.3. The molecule has 37 heavy (non-hydrogen) atoms. The molecule has 1 fully saturated rings. The number of halogens is 2. The highest BCUT2D eigenvalue weighted by Gasteiger charge is 2.34. The van der Waals surface area contributed by atoms with E-state index in [-0.39, 0.29) is 17.0 Å². The van der Waals surface area contributed by atoms with E-state index < -0.39 is 44.3 Å². The van der Waals surface area contributed by atoms with Gasteiger partial charge in [-0.1, -0.05) is 11.6 Å². The van der Waals surface area contributed by atoms with Gasteiger partial charge in [-0.15, -0.1) is 4.83 Å². The van der Waals surface area contributed by atoms with Crippen LogP contribution in [0.1, 0.15) is 63.7 Å².